The van der Waals surface area contributed by atoms with Crippen LogP contribution in [0.5, 0.6) is 0 Å². The quantitative estimate of drug-likeness (QED) is 0.571. The maximum absolute atomic E-state index is 12.7. The van der Waals surface area contributed by atoms with Crippen molar-refractivity contribution in [1.82, 2.24) is 19.7 Å². The minimum Gasteiger partial charge on any atom is -0.377 e. The number of carbonyl (C=O) groups is 1. The molecule has 0 saturated carbocycles. The second-order valence-corrected chi connectivity index (χ2v) is 6.22. The summed E-state index contributed by atoms with van der Waals surface area (Å²) >= 11 is 0. The molecule has 4 rings (SSSR count). The van der Waals surface area contributed by atoms with Gasteiger partial charge >= 0.3 is 0 Å². The summed E-state index contributed by atoms with van der Waals surface area (Å²) in [6, 6.07) is 17.2. The Balaban J connectivity index is 1.52. The number of hydrogen-bond acceptors (Lipinski definition) is 4. The number of aromatic amines is 1. The molecule has 0 radical (unpaired) electrons. The summed E-state index contributed by atoms with van der Waals surface area (Å²) in [5.41, 5.74) is 3.20. The molecular weight excluding hydrogens is 342 g/mol. The Kier molecular flexibility index (Phi) is 4.43. The maximum Gasteiger partial charge on any atom is 0.272 e. The number of amides is 1. The van der Waals surface area contributed by atoms with Crippen LogP contribution in [0.4, 0.5) is 5.69 Å². The van der Waals surface area contributed by atoms with Gasteiger partial charge in [-0.25, -0.2) is 4.98 Å². The number of aromatic nitrogens is 4. The summed E-state index contributed by atoms with van der Waals surface area (Å²) in [5, 5.41) is 11.0. The number of ether oxygens (including phenoxy) is 1. The minimum atomic E-state index is -0.151. The number of rotatable bonds is 5. The van der Waals surface area contributed by atoms with Crippen molar-refractivity contribution in [3.8, 4) is 11.4 Å². The summed E-state index contributed by atoms with van der Waals surface area (Å²) in [7, 11) is 3.50. The zero-order valence-corrected chi connectivity index (χ0v) is 15.1. The van der Waals surface area contributed by atoms with E-state index >= 15 is 0 Å². The molecule has 2 heterocycles. The van der Waals surface area contributed by atoms with Crippen LogP contribution in [0, 0.1) is 0 Å². The average molecular weight is 361 g/mol. The lowest BCUT2D eigenvalue weighted by molar-refractivity contribution is 0.102. The zero-order valence-electron chi connectivity index (χ0n) is 15.1. The van der Waals surface area contributed by atoms with E-state index in [-0.39, 0.29) is 5.91 Å². The number of hydrogen-bond donors (Lipinski definition) is 2. The second kappa shape index (κ2) is 7.05. The number of H-pyrrole nitrogens is 1. The highest BCUT2D eigenvalue weighted by molar-refractivity contribution is 6.06. The van der Waals surface area contributed by atoms with Crippen LogP contribution >= 0.6 is 0 Å². The Hall–Kier alpha value is -3.45. The van der Waals surface area contributed by atoms with Gasteiger partial charge in [-0.05, 0) is 36.4 Å². The molecule has 7 heteroatoms. The summed E-state index contributed by atoms with van der Waals surface area (Å²) in [6.07, 6.45) is 0. The third-order valence-corrected chi connectivity index (χ3v) is 4.40. The fraction of sp³-hybridized carbons (Fsp3) is 0.150. The molecule has 2 N–H and O–H groups in total. The van der Waals surface area contributed by atoms with Crippen LogP contribution in [0.15, 0.2) is 54.6 Å². The molecule has 0 spiro atoms. The van der Waals surface area contributed by atoms with Crippen LogP contribution in [0.25, 0.3) is 22.3 Å². The van der Waals surface area contributed by atoms with Crippen LogP contribution in [-0.2, 0) is 18.4 Å². The fourth-order valence-electron chi connectivity index (χ4n) is 3.03. The monoisotopic (exact) mass is 361 g/mol. The van der Waals surface area contributed by atoms with Crippen LogP contribution in [0.2, 0.25) is 0 Å². The van der Waals surface area contributed by atoms with Gasteiger partial charge in [-0.1, -0.05) is 18.2 Å². The number of fused-ring (bicyclic) bond motifs is 1. The molecular formula is C20H19N5O2. The molecule has 0 bridgehead atoms. The minimum absolute atomic E-state index is 0.151. The van der Waals surface area contributed by atoms with Gasteiger partial charge in [0.1, 0.15) is 12.3 Å². The molecule has 2 aromatic carbocycles. The van der Waals surface area contributed by atoms with Gasteiger partial charge in [0, 0.05) is 36.3 Å². The summed E-state index contributed by atoms with van der Waals surface area (Å²) in [6.45, 7) is 0.381. The lowest BCUT2D eigenvalue weighted by Gasteiger charge is -2.07. The first kappa shape index (κ1) is 17.0. The highest BCUT2D eigenvalue weighted by Gasteiger charge is 2.13. The van der Waals surface area contributed by atoms with Crippen LogP contribution in [0.1, 0.15) is 16.3 Å². The molecule has 0 aliphatic rings. The van der Waals surface area contributed by atoms with E-state index in [1.807, 2.05) is 66.2 Å². The molecule has 2 aromatic heterocycles. The van der Waals surface area contributed by atoms with E-state index in [1.165, 1.54) is 0 Å². The lowest BCUT2D eigenvalue weighted by Crippen LogP contribution is -2.15. The van der Waals surface area contributed by atoms with Gasteiger partial charge in [0.2, 0.25) is 0 Å². The van der Waals surface area contributed by atoms with Crippen molar-refractivity contribution in [2.24, 2.45) is 7.05 Å². The van der Waals surface area contributed by atoms with Crippen molar-refractivity contribution < 1.29 is 9.53 Å². The number of aryl methyl sites for hydroxylation is 1. The Morgan fingerprint density at radius 2 is 1.96 bits per heavy atom. The first-order chi connectivity index (χ1) is 13.2. The Bertz CT molecular complexity index is 1100. The predicted octanol–water partition coefficient (Wildman–Crippen LogP) is 3.36. The van der Waals surface area contributed by atoms with E-state index in [0.29, 0.717) is 29.6 Å². The van der Waals surface area contributed by atoms with Crippen molar-refractivity contribution in [2.75, 3.05) is 12.4 Å². The van der Waals surface area contributed by atoms with Gasteiger partial charge in [-0.3, -0.25) is 9.89 Å². The second-order valence-electron chi connectivity index (χ2n) is 6.22. The summed E-state index contributed by atoms with van der Waals surface area (Å²) < 4.78 is 6.92. The highest BCUT2D eigenvalue weighted by Crippen LogP contribution is 2.21. The number of methoxy groups -OCH3 is 1. The van der Waals surface area contributed by atoms with E-state index in [1.54, 1.807) is 7.11 Å². The molecule has 0 aliphatic heterocycles. The molecule has 1 amide bonds. The molecule has 0 atom stereocenters. The van der Waals surface area contributed by atoms with Gasteiger partial charge in [0.05, 0.1) is 0 Å². The number of nitrogens with zero attached hydrogens (tertiary/aromatic N) is 3. The van der Waals surface area contributed by atoms with Gasteiger partial charge in [-0.15, -0.1) is 0 Å². The molecule has 0 fully saturated rings. The van der Waals surface area contributed by atoms with E-state index in [0.717, 1.165) is 16.5 Å². The molecule has 136 valence electrons. The largest absolute Gasteiger partial charge is 0.377 e. The SMILES string of the molecule is COCc1nc(-c2ccc(NC(=O)c3cc4ccccc4n3C)cc2)n[nH]1. The Labute approximate surface area is 156 Å². The van der Waals surface area contributed by atoms with Gasteiger partial charge in [-0.2, -0.15) is 5.10 Å². The molecule has 4 aromatic rings. The highest BCUT2D eigenvalue weighted by atomic mass is 16.5. The molecule has 27 heavy (non-hydrogen) atoms. The summed E-state index contributed by atoms with van der Waals surface area (Å²) in [5.74, 6) is 1.11. The third kappa shape index (κ3) is 3.32. The van der Waals surface area contributed by atoms with Crippen molar-refractivity contribution in [3.63, 3.8) is 0 Å². The van der Waals surface area contributed by atoms with Gasteiger partial charge in [0.25, 0.3) is 5.91 Å². The number of carbonyl (C=O) groups excluding carboxylic acids is 1. The average Bonchev–Trinajstić information content (AvgIpc) is 3.28. The zero-order chi connectivity index (χ0) is 18.8. The maximum atomic E-state index is 12.7. The summed E-state index contributed by atoms with van der Waals surface area (Å²) in [4.78, 5) is 17.0. The van der Waals surface area contributed by atoms with Crippen LogP contribution < -0.4 is 5.32 Å². The van der Waals surface area contributed by atoms with Gasteiger partial charge < -0.3 is 14.6 Å². The smallest absolute Gasteiger partial charge is 0.272 e. The number of nitrogens with one attached hydrogen (secondary N) is 2. The molecule has 7 nitrogen and oxygen atoms in total. The van der Waals surface area contributed by atoms with Crippen molar-refractivity contribution in [1.29, 1.82) is 0 Å². The first-order valence-electron chi connectivity index (χ1n) is 8.52. The number of para-hydroxylation sites is 1. The molecule has 0 saturated heterocycles. The Morgan fingerprint density at radius 1 is 1.19 bits per heavy atom. The number of anilines is 1. The Morgan fingerprint density at radius 3 is 2.70 bits per heavy atom. The third-order valence-electron chi connectivity index (χ3n) is 4.40. The fourth-order valence-corrected chi connectivity index (χ4v) is 3.03. The van der Waals surface area contributed by atoms with Crippen molar-refractivity contribution in [2.45, 2.75) is 6.61 Å². The predicted molar refractivity (Wildman–Crippen MR) is 103 cm³/mol. The molecule has 0 unspecified atom stereocenters. The normalized spacial score (nSPS) is 11.0. The topological polar surface area (TPSA) is 84.8 Å². The molecule has 0 aliphatic carbocycles. The standard InChI is InChI=1S/C20H19N5O2/c1-25-16-6-4-3-5-14(16)11-17(25)20(26)21-15-9-7-13(8-10-15)19-22-18(12-27-2)23-24-19/h3-11H,12H2,1-2H3,(H,21,26)(H,22,23,24). The van der Waals surface area contributed by atoms with Crippen LogP contribution in [0.3, 0.4) is 0 Å². The van der Waals surface area contributed by atoms with E-state index in [2.05, 4.69) is 20.5 Å². The lowest BCUT2D eigenvalue weighted by atomic mass is 10.2. The van der Waals surface area contributed by atoms with E-state index in [4.69, 9.17) is 4.74 Å². The van der Waals surface area contributed by atoms with Gasteiger partial charge in [0.15, 0.2) is 11.6 Å². The first-order valence-corrected chi connectivity index (χ1v) is 8.52. The van der Waals surface area contributed by atoms with Crippen molar-refractivity contribution >= 4 is 22.5 Å². The van der Waals surface area contributed by atoms with Crippen molar-refractivity contribution in [3.05, 3.63) is 66.1 Å². The van der Waals surface area contributed by atoms with Crippen LogP contribution in [-0.4, -0.2) is 32.8 Å². The number of benzene rings is 2. The van der Waals surface area contributed by atoms with E-state index in [9.17, 15) is 4.79 Å². The van der Waals surface area contributed by atoms with E-state index < -0.39 is 0 Å².